The van der Waals surface area contributed by atoms with E-state index in [2.05, 4.69) is 35.8 Å². The highest BCUT2D eigenvalue weighted by atomic mass is 35.5. The topological polar surface area (TPSA) is 42.5 Å². The first-order chi connectivity index (χ1) is 13.2. The molecule has 0 aromatic heterocycles. The molecule has 0 aliphatic carbocycles. The number of benzene rings is 2. The Morgan fingerprint density at radius 2 is 1.96 bits per heavy atom. The van der Waals surface area contributed by atoms with Gasteiger partial charge in [0.1, 0.15) is 6.61 Å². The third-order valence-electron chi connectivity index (χ3n) is 5.02. The van der Waals surface area contributed by atoms with Gasteiger partial charge in [0.15, 0.2) is 11.5 Å². The fourth-order valence-electron chi connectivity index (χ4n) is 3.44. The molecule has 0 atom stereocenters. The molecule has 1 saturated heterocycles. The predicted molar refractivity (Wildman–Crippen MR) is 111 cm³/mol. The molecule has 1 aliphatic rings. The number of piperidine rings is 1. The summed E-state index contributed by atoms with van der Waals surface area (Å²) in [5.41, 5.74) is 3.38. The molecule has 0 radical (unpaired) electrons. The van der Waals surface area contributed by atoms with E-state index in [-0.39, 0.29) is 0 Å². The number of halogens is 1. The number of nitrogens with one attached hydrogen (secondary N) is 2. The third kappa shape index (κ3) is 5.86. The standard InChI is InChI=1S/C22H29ClN2O2/c1-16-4-3-5-18(10-16)15-27-22-12-20(23)19(11-21(22)26-2)14-25-13-17-6-8-24-9-7-17/h3-5,10-12,17,24-25H,6-9,13-15H2,1-2H3. The average molecular weight is 389 g/mol. The van der Waals surface area contributed by atoms with E-state index in [1.807, 2.05) is 18.2 Å². The lowest BCUT2D eigenvalue weighted by molar-refractivity contribution is 0.284. The zero-order chi connectivity index (χ0) is 19.1. The largest absolute Gasteiger partial charge is 0.493 e. The van der Waals surface area contributed by atoms with Crippen LogP contribution in [0.3, 0.4) is 0 Å². The van der Waals surface area contributed by atoms with Crippen LogP contribution in [0, 0.1) is 12.8 Å². The molecule has 146 valence electrons. The molecule has 5 heteroatoms. The van der Waals surface area contributed by atoms with E-state index in [0.29, 0.717) is 23.1 Å². The molecular weight excluding hydrogens is 360 g/mol. The van der Waals surface area contributed by atoms with Crippen LogP contribution in [0.4, 0.5) is 0 Å². The van der Waals surface area contributed by atoms with Crippen LogP contribution in [0.15, 0.2) is 36.4 Å². The summed E-state index contributed by atoms with van der Waals surface area (Å²) in [6.45, 7) is 6.55. The minimum atomic E-state index is 0.488. The van der Waals surface area contributed by atoms with Gasteiger partial charge >= 0.3 is 0 Å². The van der Waals surface area contributed by atoms with Gasteiger partial charge in [0, 0.05) is 17.6 Å². The minimum Gasteiger partial charge on any atom is -0.493 e. The SMILES string of the molecule is COc1cc(CNCC2CCNCC2)c(Cl)cc1OCc1cccc(C)c1. The molecule has 4 nitrogen and oxygen atoms in total. The Kier molecular flexibility index (Phi) is 7.39. The Balaban J connectivity index is 1.60. The smallest absolute Gasteiger partial charge is 0.163 e. The van der Waals surface area contributed by atoms with Crippen LogP contribution in [0.1, 0.15) is 29.5 Å². The molecule has 3 rings (SSSR count). The van der Waals surface area contributed by atoms with Crippen molar-refractivity contribution in [2.24, 2.45) is 5.92 Å². The summed E-state index contributed by atoms with van der Waals surface area (Å²) in [5, 5.41) is 7.64. The Morgan fingerprint density at radius 1 is 1.15 bits per heavy atom. The van der Waals surface area contributed by atoms with E-state index in [1.54, 1.807) is 7.11 Å². The summed E-state index contributed by atoms with van der Waals surface area (Å²) in [4.78, 5) is 0. The van der Waals surface area contributed by atoms with Crippen molar-refractivity contribution in [3.05, 3.63) is 58.1 Å². The van der Waals surface area contributed by atoms with Crippen molar-refractivity contribution >= 4 is 11.6 Å². The van der Waals surface area contributed by atoms with Crippen molar-refractivity contribution < 1.29 is 9.47 Å². The highest BCUT2D eigenvalue weighted by Gasteiger charge is 2.14. The van der Waals surface area contributed by atoms with Crippen LogP contribution in [0.5, 0.6) is 11.5 Å². The van der Waals surface area contributed by atoms with Gasteiger partial charge in [-0.3, -0.25) is 0 Å². The summed E-state index contributed by atoms with van der Waals surface area (Å²) in [5.74, 6) is 2.13. The number of hydrogen-bond donors (Lipinski definition) is 2. The van der Waals surface area contributed by atoms with Crippen molar-refractivity contribution in [2.75, 3.05) is 26.7 Å². The van der Waals surface area contributed by atoms with Crippen molar-refractivity contribution in [1.82, 2.24) is 10.6 Å². The Bertz CT molecular complexity index is 745. The maximum Gasteiger partial charge on any atom is 0.163 e. The Morgan fingerprint density at radius 3 is 2.70 bits per heavy atom. The maximum atomic E-state index is 6.50. The molecule has 2 aromatic rings. The van der Waals surface area contributed by atoms with E-state index in [1.165, 1.54) is 18.4 Å². The van der Waals surface area contributed by atoms with Crippen LogP contribution >= 0.6 is 11.6 Å². The zero-order valence-corrected chi connectivity index (χ0v) is 16.9. The molecular formula is C22H29ClN2O2. The molecule has 1 aliphatic heterocycles. The van der Waals surface area contributed by atoms with Gasteiger partial charge in [-0.2, -0.15) is 0 Å². The second-order valence-corrected chi connectivity index (χ2v) is 7.60. The van der Waals surface area contributed by atoms with E-state index in [0.717, 1.165) is 43.2 Å². The van der Waals surface area contributed by atoms with E-state index in [4.69, 9.17) is 21.1 Å². The first-order valence-electron chi connectivity index (χ1n) is 9.62. The first-order valence-corrected chi connectivity index (χ1v) is 9.99. The molecule has 0 saturated carbocycles. The van der Waals surface area contributed by atoms with Crippen LogP contribution < -0.4 is 20.1 Å². The molecule has 27 heavy (non-hydrogen) atoms. The van der Waals surface area contributed by atoms with Crippen molar-refractivity contribution in [3.63, 3.8) is 0 Å². The summed E-state index contributed by atoms with van der Waals surface area (Å²) in [6, 6.07) is 12.1. The first kappa shape index (κ1) is 20.0. The number of methoxy groups -OCH3 is 1. The van der Waals surface area contributed by atoms with E-state index in [9.17, 15) is 0 Å². The molecule has 0 bridgehead atoms. The third-order valence-corrected chi connectivity index (χ3v) is 5.37. The minimum absolute atomic E-state index is 0.488. The molecule has 2 aromatic carbocycles. The van der Waals surface area contributed by atoms with Gasteiger partial charge in [0.2, 0.25) is 0 Å². The summed E-state index contributed by atoms with van der Waals surface area (Å²) >= 11 is 6.50. The van der Waals surface area contributed by atoms with Crippen LogP contribution in [0.25, 0.3) is 0 Å². The molecule has 0 unspecified atom stereocenters. The number of aryl methyl sites for hydroxylation is 1. The summed E-state index contributed by atoms with van der Waals surface area (Å²) in [7, 11) is 1.66. The zero-order valence-electron chi connectivity index (χ0n) is 16.2. The van der Waals surface area contributed by atoms with Gasteiger partial charge in [0.05, 0.1) is 7.11 Å². The normalized spacial score (nSPS) is 14.9. The summed E-state index contributed by atoms with van der Waals surface area (Å²) < 4.78 is 11.5. The van der Waals surface area contributed by atoms with Gasteiger partial charge in [0.25, 0.3) is 0 Å². The molecule has 1 fully saturated rings. The molecule has 2 N–H and O–H groups in total. The molecule has 1 heterocycles. The predicted octanol–water partition coefficient (Wildman–Crippen LogP) is 4.33. The Hall–Kier alpha value is -1.75. The molecule has 0 amide bonds. The van der Waals surface area contributed by atoms with Gasteiger partial charge in [-0.25, -0.2) is 0 Å². The van der Waals surface area contributed by atoms with Crippen molar-refractivity contribution in [3.8, 4) is 11.5 Å². The fraction of sp³-hybridized carbons (Fsp3) is 0.455. The van der Waals surface area contributed by atoms with Crippen molar-refractivity contribution in [2.45, 2.75) is 32.9 Å². The monoisotopic (exact) mass is 388 g/mol. The van der Waals surface area contributed by atoms with E-state index >= 15 is 0 Å². The highest BCUT2D eigenvalue weighted by molar-refractivity contribution is 6.31. The average Bonchev–Trinajstić information content (AvgIpc) is 2.68. The fourth-order valence-corrected chi connectivity index (χ4v) is 3.67. The maximum absolute atomic E-state index is 6.50. The second kappa shape index (κ2) is 9.98. The van der Waals surface area contributed by atoms with Gasteiger partial charge in [-0.15, -0.1) is 0 Å². The lowest BCUT2D eigenvalue weighted by atomic mass is 9.98. The lowest BCUT2D eigenvalue weighted by Gasteiger charge is -2.23. The van der Waals surface area contributed by atoms with Gasteiger partial charge < -0.3 is 20.1 Å². The highest BCUT2D eigenvalue weighted by Crippen LogP contribution is 2.34. The van der Waals surface area contributed by atoms with Crippen LogP contribution in [-0.2, 0) is 13.2 Å². The molecule has 0 spiro atoms. The number of rotatable bonds is 8. The van der Waals surface area contributed by atoms with Crippen LogP contribution in [-0.4, -0.2) is 26.7 Å². The second-order valence-electron chi connectivity index (χ2n) is 7.20. The quantitative estimate of drug-likeness (QED) is 0.706. The van der Waals surface area contributed by atoms with Gasteiger partial charge in [-0.05, 0) is 62.5 Å². The number of hydrogen-bond acceptors (Lipinski definition) is 4. The summed E-state index contributed by atoms with van der Waals surface area (Å²) in [6.07, 6.45) is 2.46. The lowest BCUT2D eigenvalue weighted by Crippen LogP contribution is -2.33. The Labute approximate surface area is 167 Å². The number of ether oxygens (including phenoxy) is 2. The van der Waals surface area contributed by atoms with E-state index < -0.39 is 0 Å². The van der Waals surface area contributed by atoms with Crippen LogP contribution in [0.2, 0.25) is 5.02 Å². The van der Waals surface area contributed by atoms with Crippen molar-refractivity contribution in [1.29, 1.82) is 0 Å². The van der Waals surface area contributed by atoms with Gasteiger partial charge in [-0.1, -0.05) is 41.4 Å².